The van der Waals surface area contributed by atoms with Gasteiger partial charge >= 0.3 is 0 Å². The lowest BCUT2D eigenvalue weighted by Gasteiger charge is -2.20. The zero-order valence-electron chi connectivity index (χ0n) is 9.41. The molecule has 86 valence electrons. The van der Waals surface area contributed by atoms with E-state index in [9.17, 15) is 4.39 Å². The highest BCUT2D eigenvalue weighted by Gasteiger charge is 2.17. The summed E-state index contributed by atoms with van der Waals surface area (Å²) in [5, 5.41) is 3.11. The molecule has 0 radical (unpaired) electrons. The zero-order chi connectivity index (χ0) is 11.4. The molecule has 0 bridgehead atoms. The van der Waals surface area contributed by atoms with Gasteiger partial charge in [-0.3, -0.25) is 4.99 Å². The summed E-state index contributed by atoms with van der Waals surface area (Å²) < 4.78 is 13.1. The molecule has 1 N–H and O–H groups in total. The van der Waals surface area contributed by atoms with Gasteiger partial charge < -0.3 is 10.2 Å². The molecule has 1 aliphatic rings. The van der Waals surface area contributed by atoms with Crippen molar-refractivity contribution in [2.45, 2.75) is 0 Å². The van der Waals surface area contributed by atoms with Crippen LogP contribution in [0.25, 0.3) is 0 Å². The van der Waals surface area contributed by atoms with E-state index in [1.807, 2.05) is 13.1 Å². The Morgan fingerprint density at radius 2 is 2.38 bits per heavy atom. The maximum absolute atomic E-state index is 13.1. The van der Waals surface area contributed by atoms with Gasteiger partial charge in [0.15, 0.2) is 0 Å². The fraction of sp³-hybridized carbons (Fsp3) is 0.417. The van der Waals surface area contributed by atoms with Crippen LogP contribution in [-0.2, 0) is 0 Å². The Morgan fingerprint density at radius 1 is 1.50 bits per heavy atom. The molecule has 1 heterocycles. The Kier molecular flexibility index (Phi) is 3.51. The van der Waals surface area contributed by atoms with Crippen LogP contribution in [0, 0.1) is 5.82 Å². The molecule has 0 fully saturated rings. The van der Waals surface area contributed by atoms with Crippen molar-refractivity contribution in [1.82, 2.24) is 10.2 Å². The summed E-state index contributed by atoms with van der Waals surface area (Å²) in [6.45, 7) is 3.54. The molecule has 3 nitrogen and oxygen atoms in total. The van der Waals surface area contributed by atoms with Crippen LogP contribution in [0.15, 0.2) is 29.3 Å². The molecule has 4 heteroatoms. The molecule has 0 aromatic heterocycles. The number of hydrogen-bond donors (Lipinski definition) is 1. The minimum atomic E-state index is -0.208. The lowest BCUT2D eigenvalue weighted by Crippen LogP contribution is -2.34. The first-order chi connectivity index (χ1) is 7.81. The topological polar surface area (TPSA) is 27.6 Å². The highest BCUT2D eigenvalue weighted by atomic mass is 19.1. The Hall–Kier alpha value is -1.42. The number of hydrogen-bond acceptors (Lipinski definition) is 3. The molecule has 16 heavy (non-hydrogen) atoms. The molecule has 1 aromatic carbocycles. The Bertz CT molecular complexity index is 390. The van der Waals surface area contributed by atoms with E-state index in [4.69, 9.17) is 0 Å². The summed E-state index contributed by atoms with van der Waals surface area (Å²) in [7, 11) is 1.93. The number of likely N-dealkylation sites (N-methyl/N-ethyl adjacent to an activating group) is 1. The van der Waals surface area contributed by atoms with Crippen molar-refractivity contribution in [1.29, 1.82) is 0 Å². The summed E-state index contributed by atoms with van der Waals surface area (Å²) in [6.07, 6.45) is 0. The minimum absolute atomic E-state index is 0.208. The number of nitrogens with zero attached hydrogens (tertiary/aromatic N) is 2. The van der Waals surface area contributed by atoms with E-state index in [2.05, 4.69) is 15.2 Å². The zero-order valence-corrected chi connectivity index (χ0v) is 9.41. The van der Waals surface area contributed by atoms with Crippen molar-refractivity contribution >= 4 is 5.84 Å². The second kappa shape index (κ2) is 5.07. The summed E-state index contributed by atoms with van der Waals surface area (Å²) >= 11 is 0. The molecule has 0 aliphatic carbocycles. The van der Waals surface area contributed by atoms with Crippen LogP contribution in [0.5, 0.6) is 0 Å². The molecular formula is C12H16FN3. The highest BCUT2D eigenvalue weighted by Crippen LogP contribution is 2.12. The van der Waals surface area contributed by atoms with Crippen molar-refractivity contribution in [2.75, 3.05) is 33.2 Å². The first-order valence-electron chi connectivity index (χ1n) is 5.51. The van der Waals surface area contributed by atoms with Gasteiger partial charge in [0.05, 0.1) is 6.54 Å². The van der Waals surface area contributed by atoms with Crippen LogP contribution >= 0.6 is 0 Å². The molecule has 0 unspecified atom stereocenters. The maximum Gasteiger partial charge on any atom is 0.131 e. The fourth-order valence-corrected chi connectivity index (χ4v) is 1.85. The van der Waals surface area contributed by atoms with Crippen LogP contribution in [0.1, 0.15) is 5.56 Å². The monoisotopic (exact) mass is 221 g/mol. The number of amidine groups is 1. The number of nitrogens with one attached hydrogen (secondary N) is 1. The van der Waals surface area contributed by atoms with Gasteiger partial charge in [0.25, 0.3) is 0 Å². The van der Waals surface area contributed by atoms with Gasteiger partial charge in [-0.05, 0) is 19.2 Å². The Balaban J connectivity index is 2.13. The van der Waals surface area contributed by atoms with Crippen molar-refractivity contribution in [3.8, 4) is 0 Å². The van der Waals surface area contributed by atoms with Crippen molar-refractivity contribution < 1.29 is 4.39 Å². The second-order valence-electron chi connectivity index (χ2n) is 3.81. The fourth-order valence-electron chi connectivity index (χ4n) is 1.85. The predicted octanol–water partition coefficient (Wildman–Crippen LogP) is 1.11. The summed E-state index contributed by atoms with van der Waals surface area (Å²) in [5.41, 5.74) is 0.869. The third-order valence-corrected chi connectivity index (χ3v) is 2.65. The lowest BCUT2D eigenvalue weighted by molar-refractivity contribution is 0.453. The standard InChI is InChI=1S/C12H16FN3/c1-14-5-7-16-8-6-15-12(16)10-3-2-4-11(13)9-10/h2-4,9,14H,5-8H2,1H3. The highest BCUT2D eigenvalue weighted by molar-refractivity contribution is 5.99. The van der Waals surface area contributed by atoms with Crippen molar-refractivity contribution in [3.63, 3.8) is 0 Å². The summed E-state index contributed by atoms with van der Waals surface area (Å²) in [6, 6.07) is 6.62. The third-order valence-electron chi connectivity index (χ3n) is 2.65. The largest absolute Gasteiger partial charge is 0.353 e. The van der Waals surface area contributed by atoms with Crippen molar-refractivity contribution in [2.24, 2.45) is 4.99 Å². The van der Waals surface area contributed by atoms with E-state index >= 15 is 0 Å². The lowest BCUT2D eigenvalue weighted by atomic mass is 10.2. The van der Waals surface area contributed by atoms with Gasteiger partial charge in [0.2, 0.25) is 0 Å². The van der Waals surface area contributed by atoms with E-state index in [1.165, 1.54) is 12.1 Å². The molecule has 0 saturated carbocycles. The van der Waals surface area contributed by atoms with E-state index in [0.717, 1.165) is 37.6 Å². The Labute approximate surface area is 95.0 Å². The molecule has 0 saturated heterocycles. The van der Waals surface area contributed by atoms with Crippen LogP contribution in [0.3, 0.4) is 0 Å². The molecule has 2 rings (SSSR count). The third kappa shape index (κ3) is 2.39. The predicted molar refractivity (Wildman–Crippen MR) is 63.3 cm³/mol. The number of aliphatic imine (C=N–C) groups is 1. The van der Waals surface area contributed by atoms with Gasteiger partial charge in [-0.25, -0.2) is 4.39 Å². The minimum Gasteiger partial charge on any atom is -0.353 e. The van der Waals surface area contributed by atoms with Gasteiger partial charge in [0, 0.05) is 25.2 Å². The van der Waals surface area contributed by atoms with Crippen LogP contribution in [0.2, 0.25) is 0 Å². The second-order valence-corrected chi connectivity index (χ2v) is 3.81. The first kappa shape index (κ1) is 11.1. The van der Waals surface area contributed by atoms with Gasteiger partial charge in [0.1, 0.15) is 11.7 Å². The molecule has 0 amide bonds. The average Bonchev–Trinajstić information content (AvgIpc) is 2.74. The molecular weight excluding hydrogens is 205 g/mol. The van der Waals surface area contributed by atoms with Gasteiger partial charge in [-0.15, -0.1) is 0 Å². The van der Waals surface area contributed by atoms with E-state index in [1.54, 1.807) is 6.07 Å². The summed E-state index contributed by atoms with van der Waals surface area (Å²) in [5.74, 6) is 0.704. The Morgan fingerprint density at radius 3 is 3.12 bits per heavy atom. The maximum atomic E-state index is 13.1. The van der Waals surface area contributed by atoms with Crippen LogP contribution in [0.4, 0.5) is 4.39 Å². The van der Waals surface area contributed by atoms with Crippen LogP contribution < -0.4 is 5.32 Å². The van der Waals surface area contributed by atoms with Gasteiger partial charge in [-0.1, -0.05) is 12.1 Å². The van der Waals surface area contributed by atoms with E-state index in [-0.39, 0.29) is 5.82 Å². The number of benzene rings is 1. The number of halogens is 1. The normalized spacial score (nSPS) is 15.4. The van der Waals surface area contributed by atoms with Crippen molar-refractivity contribution in [3.05, 3.63) is 35.6 Å². The summed E-state index contributed by atoms with van der Waals surface area (Å²) in [4.78, 5) is 6.62. The molecule has 0 spiro atoms. The average molecular weight is 221 g/mol. The van der Waals surface area contributed by atoms with E-state index < -0.39 is 0 Å². The quantitative estimate of drug-likeness (QED) is 0.824. The first-order valence-corrected chi connectivity index (χ1v) is 5.51. The van der Waals surface area contributed by atoms with Crippen LogP contribution in [-0.4, -0.2) is 44.0 Å². The van der Waals surface area contributed by atoms with E-state index in [0.29, 0.717) is 0 Å². The SMILES string of the molecule is CNCCN1CCN=C1c1cccc(F)c1. The molecule has 1 aliphatic heterocycles. The van der Waals surface area contributed by atoms with Gasteiger partial charge in [-0.2, -0.15) is 0 Å². The number of rotatable bonds is 4. The molecule has 1 aromatic rings. The molecule has 0 atom stereocenters. The smallest absolute Gasteiger partial charge is 0.131 e.